The molecular formula is C19H29N3O3. The Balaban J connectivity index is 1.77. The van der Waals surface area contributed by atoms with Gasteiger partial charge in [0.25, 0.3) is 0 Å². The molecule has 0 amide bonds. The number of carbonyl (C=O) groups is 1. The molecule has 0 saturated carbocycles. The molecule has 1 atom stereocenters. The van der Waals surface area contributed by atoms with Gasteiger partial charge in [0.1, 0.15) is 12.4 Å². The second kappa shape index (κ2) is 9.91. The fraction of sp³-hybridized carbons (Fsp3) is 0.579. The number of guanidine groups is 1. The topological polar surface area (TPSA) is 63.2 Å². The molecule has 0 spiro atoms. The number of nitrogens with zero attached hydrogens (tertiary/aromatic N) is 2. The highest BCUT2D eigenvalue weighted by atomic mass is 16.5. The summed E-state index contributed by atoms with van der Waals surface area (Å²) in [5, 5.41) is 3.31. The summed E-state index contributed by atoms with van der Waals surface area (Å²) in [6, 6.07) is 8.01. The van der Waals surface area contributed by atoms with Crippen LogP contribution in [0.4, 0.5) is 0 Å². The Kier molecular flexibility index (Phi) is 7.57. The van der Waals surface area contributed by atoms with Crippen molar-refractivity contribution in [3.8, 4) is 5.75 Å². The maximum Gasteiger partial charge on any atom is 0.310 e. The molecule has 1 aromatic rings. The number of esters is 1. The summed E-state index contributed by atoms with van der Waals surface area (Å²) in [6.07, 6.45) is 1.84. The van der Waals surface area contributed by atoms with Crippen LogP contribution in [0, 0.1) is 12.8 Å². The number of hydrogen-bond donors (Lipinski definition) is 1. The molecule has 2 rings (SSSR count). The van der Waals surface area contributed by atoms with Crippen molar-refractivity contribution in [3.05, 3.63) is 29.8 Å². The number of benzene rings is 1. The second-order valence-electron chi connectivity index (χ2n) is 6.17. The lowest BCUT2D eigenvalue weighted by atomic mass is 9.98. The lowest BCUT2D eigenvalue weighted by Gasteiger charge is -2.33. The van der Waals surface area contributed by atoms with E-state index in [1.807, 2.05) is 31.2 Å². The highest BCUT2D eigenvalue weighted by molar-refractivity contribution is 5.81. The quantitative estimate of drug-likeness (QED) is 0.370. The third-order valence-corrected chi connectivity index (χ3v) is 4.23. The van der Waals surface area contributed by atoms with Gasteiger partial charge in [-0.05, 0) is 38.8 Å². The second-order valence-corrected chi connectivity index (χ2v) is 6.17. The number of hydrogen-bond acceptors (Lipinski definition) is 4. The van der Waals surface area contributed by atoms with E-state index < -0.39 is 0 Å². The first-order valence-corrected chi connectivity index (χ1v) is 8.95. The van der Waals surface area contributed by atoms with E-state index in [4.69, 9.17) is 9.47 Å². The highest BCUT2D eigenvalue weighted by Gasteiger charge is 2.28. The van der Waals surface area contributed by atoms with E-state index >= 15 is 0 Å². The summed E-state index contributed by atoms with van der Waals surface area (Å²) in [5.74, 6) is 1.49. The summed E-state index contributed by atoms with van der Waals surface area (Å²) in [4.78, 5) is 18.4. The number of rotatable bonds is 6. The van der Waals surface area contributed by atoms with Crippen LogP contribution in [0.3, 0.4) is 0 Å². The van der Waals surface area contributed by atoms with Crippen molar-refractivity contribution in [2.45, 2.75) is 26.7 Å². The van der Waals surface area contributed by atoms with Crippen LogP contribution in [0.15, 0.2) is 29.3 Å². The summed E-state index contributed by atoms with van der Waals surface area (Å²) in [5.41, 5.74) is 1.21. The Labute approximate surface area is 150 Å². The summed E-state index contributed by atoms with van der Waals surface area (Å²) in [7, 11) is 1.76. The van der Waals surface area contributed by atoms with E-state index in [0.717, 1.165) is 31.1 Å². The first-order valence-electron chi connectivity index (χ1n) is 8.95. The summed E-state index contributed by atoms with van der Waals surface area (Å²) >= 11 is 0. The van der Waals surface area contributed by atoms with E-state index in [9.17, 15) is 4.79 Å². The van der Waals surface area contributed by atoms with E-state index in [1.165, 1.54) is 5.56 Å². The molecule has 1 unspecified atom stereocenters. The van der Waals surface area contributed by atoms with Crippen LogP contribution in [-0.2, 0) is 9.53 Å². The minimum absolute atomic E-state index is 0.0731. The number of nitrogens with one attached hydrogen (secondary N) is 1. The van der Waals surface area contributed by atoms with Crippen LogP contribution in [0.5, 0.6) is 5.75 Å². The molecule has 1 fully saturated rings. The molecule has 1 saturated heterocycles. The molecule has 0 aliphatic carbocycles. The maximum absolute atomic E-state index is 12.0. The number of likely N-dealkylation sites (tertiary alicyclic amines) is 1. The van der Waals surface area contributed by atoms with Crippen LogP contribution in [0.2, 0.25) is 0 Å². The molecule has 0 radical (unpaired) electrons. The smallest absolute Gasteiger partial charge is 0.310 e. The van der Waals surface area contributed by atoms with Crippen molar-refractivity contribution in [3.63, 3.8) is 0 Å². The van der Waals surface area contributed by atoms with Gasteiger partial charge in [-0.1, -0.05) is 17.7 Å². The average Bonchev–Trinajstić information content (AvgIpc) is 2.63. The molecule has 0 bridgehead atoms. The standard InChI is InChI=1S/C19H29N3O3/c1-4-24-18(23)16-6-5-12-22(14-16)19(20-3)21-11-13-25-17-9-7-15(2)8-10-17/h7-10,16H,4-6,11-14H2,1-3H3,(H,20,21). The predicted molar refractivity (Wildman–Crippen MR) is 99.0 cm³/mol. The van der Waals surface area contributed by atoms with E-state index in [-0.39, 0.29) is 11.9 Å². The summed E-state index contributed by atoms with van der Waals surface area (Å²) in [6.45, 7) is 7.08. The van der Waals surface area contributed by atoms with Crippen LogP contribution in [-0.4, -0.2) is 56.7 Å². The molecule has 6 nitrogen and oxygen atoms in total. The predicted octanol–water partition coefficient (Wildman–Crippen LogP) is 2.22. The number of aliphatic imine (C=N–C) groups is 1. The van der Waals surface area contributed by atoms with Crippen molar-refractivity contribution in [2.75, 3.05) is 39.9 Å². The molecule has 1 aromatic carbocycles. The molecule has 6 heteroatoms. The Morgan fingerprint density at radius 1 is 1.36 bits per heavy atom. The van der Waals surface area contributed by atoms with Crippen LogP contribution in [0.1, 0.15) is 25.3 Å². The van der Waals surface area contributed by atoms with Crippen molar-refractivity contribution < 1.29 is 14.3 Å². The molecule has 1 aliphatic rings. The van der Waals surface area contributed by atoms with Crippen LogP contribution >= 0.6 is 0 Å². The number of carbonyl (C=O) groups excluding carboxylic acids is 1. The van der Waals surface area contributed by atoms with Gasteiger partial charge in [-0.2, -0.15) is 0 Å². The largest absolute Gasteiger partial charge is 0.492 e. The molecule has 1 N–H and O–H groups in total. The lowest BCUT2D eigenvalue weighted by molar-refractivity contribution is -0.149. The Morgan fingerprint density at radius 3 is 2.80 bits per heavy atom. The van der Waals surface area contributed by atoms with Crippen molar-refractivity contribution >= 4 is 11.9 Å². The average molecular weight is 347 g/mol. The molecule has 0 aromatic heterocycles. The van der Waals surface area contributed by atoms with Gasteiger partial charge in [0, 0.05) is 20.1 Å². The van der Waals surface area contributed by atoms with Crippen molar-refractivity contribution in [2.24, 2.45) is 10.9 Å². The zero-order valence-corrected chi connectivity index (χ0v) is 15.5. The van der Waals surface area contributed by atoms with E-state index in [2.05, 4.69) is 22.1 Å². The minimum atomic E-state index is -0.106. The van der Waals surface area contributed by atoms with Gasteiger partial charge in [0.2, 0.25) is 0 Å². The van der Waals surface area contributed by atoms with Gasteiger partial charge in [-0.3, -0.25) is 9.79 Å². The van der Waals surface area contributed by atoms with Crippen molar-refractivity contribution in [1.82, 2.24) is 10.2 Å². The molecule has 138 valence electrons. The van der Waals surface area contributed by atoms with Gasteiger partial charge >= 0.3 is 5.97 Å². The van der Waals surface area contributed by atoms with E-state index in [0.29, 0.717) is 26.3 Å². The van der Waals surface area contributed by atoms with Gasteiger partial charge in [0.05, 0.1) is 19.1 Å². The SMILES string of the molecule is CCOC(=O)C1CCCN(C(=NC)NCCOc2ccc(C)cc2)C1. The van der Waals surface area contributed by atoms with Crippen molar-refractivity contribution in [1.29, 1.82) is 0 Å². The Morgan fingerprint density at radius 2 is 2.12 bits per heavy atom. The highest BCUT2D eigenvalue weighted by Crippen LogP contribution is 2.18. The maximum atomic E-state index is 12.0. The van der Waals surface area contributed by atoms with Crippen LogP contribution < -0.4 is 10.1 Å². The van der Waals surface area contributed by atoms with E-state index in [1.54, 1.807) is 7.05 Å². The molecule has 25 heavy (non-hydrogen) atoms. The third kappa shape index (κ3) is 5.96. The molecular weight excluding hydrogens is 318 g/mol. The Bertz CT molecular complexity index is 572. The number of aryl methyl sites for hydroxylation is 1. The van der Waals surface area contributed by atoms with Crippen LogP contribution in [0.25, 0.3) is 0 Å². The monoisotopic (exact) mass is 347 g/mol. The zero-order valence-electron chi connectivity index (χ0n) is 15.5. The minimum Gasteiger partial charge on any atom is -0.492 e. The zero-order chi connectivity index (χ0) is 18.1. The first-order chi connectivity index (χ1) is 12.1. The summed E-state index contributed by atoms with van der Waals surface area (Å²) < 4.78 is 10.9. The normalized spacial score (nSPS) is 18.0. The number of piperidine rings is 1. The molecule has 1 heterocycles. The van der Waals surface area contributed by atoms with Gasteiger partial charge in [0.15, 0.2) is 5.96 Å². The Hall–Kier alpha value is -2.24. The first kappa shape index (κ1) is 19.1. The van der Waals surface area contributed by atoms with Gasteiger partial charge in [-0.25, -0.2) is 0 Å². The third-order valence-electron chi connectivity index (χ3n) is 4.23. The molecule has 1 aliphatic heterocycles. The number of ether oxygens (including phenoxy) is 2. The fourth-order valence-electron chi connectivity index (χ4n) is 2.92. The van der Waals surface area contributed by atoms with Gasteiger partial charge in [-0.15, -0.1) is 0 Å². The van der Waals surface area contributed by atoms with Gasteiger partial charge < -0.3 is 19.7 Å². The lowest BCUT2D eigenvalue weighted by Crippen LogP contribution is -2.49. The fourth-order valence-corrected chi connectivity index (χ4v) is 2.92.